The van der Waals surface area contributed by atoms with E-state index in [1.807, 2.05) is 31.0 Å². The minimum absolute atomic E-state index is 0.144. The van der Waals surface area contributed by atoms with Crippen LogP contribution in [0.15, 0.2) is 30.5 Å². The summed E-state index contributed by atoms with van der Waals surface area (Å²) in [6.07, 6.45) is 4.93. The lowest BCUT2D eigenvalue weighted by Gasteiger charge is -2.37. The molecule has 0 unspecified atom stereocenters. The van der Waals surface area contributed by atoms with Crippen molar-refractivity contribution in [1.82, 2.24) is 14.9 Å². The number of benzene rings is 1. The van der Waals surface area contributed by atoms with Crippen molar-refractivity contribution in [2.45, 2.75) is 45.7 Å². The molecule has 1 amide bonds. The van der Waals surface area contributed by atoms with Crippen molar-refractivity contribution in [3.8, 4) is 0 Å². The Bertz CT molecular complexity index is 804. The van der Waals surface area contributed by atoms with Gasteiger partial charge in [-0.05, 0) is 50.3 Å². The van der Waals surface area contributed by atoms with Crippen LogP contribution in [0, 0.1) is 6.92 Å². The van der Waals surface area contributed by atoms with Gasteiger partial charge in [-0.2, -0.15) is 0 Å². The van der Waals surface area contributed by atoms with Crippen molar-refractivity contribution in [2.24, 2.45) is 0 Å². The molecule has 2 aliphatic rings. The van der Waals surface area contributed by atoms with Crippen LogP contribution in [0.4, 0.5) is 5.69 Å². The quantitative estimate of drug-likeness (QED) is 0.845. The van der Waals surface area contributed by atoms with E-state index in [1.54, 1.807) is 0 Å². The predicted molar refractivity (Wildman–Crippen MR) is 97.5 cm³/mol. The van der Waals surface area contributed by atoms with E-state index in [4.69, 9.17) is 0 Å². The molecule has 0 saturated carbocycles. The Labute approximate surface area is 148 Å². The molecule has 0 bridgehead atoms. The smallest absolute Gasteiger partial charge is 0.244 e. The first-order valence-electron chi connectivity index (χ1n) is 9.08. The fourth-order valence-electron chi connectivity index (χ4n) is 3.90. The van der Waals surface area contributed by atoms with E-state index in [0.29, 0.717) is 0 Å². The molecule has 130 valence electrons. The van der Waals surface area contributed by atoms with Gasteiger partial charge in [-0.25, -0.2) is 9.97 Å². The number of rotatable bonds is 2. The maximum Gasteiger partial charge on any atom is 0.244 e. The van der Waals surface area contributed by atoms with Gasteiger partial charge in [0.25, 0.3) is 0 Å². The van der Waals surface area contributed by atoms with Crippen molar-refractivity contribution < 1.29 is 4.79 Å². The molecule has 3 heterocycles. The monoisotopic (exact) mass is 336 g/mol. The van der Waals surface area contributed by atoms with Crippen molar-refractivity contribution in [2.75, 3.05) is 18.0 Å². The molecule has 2 aromatic rings. The molecule has 1 atom stereocenters. The number of anilines is 1. The molecule has 0 fully saturated rings. The fourth-order valence-corrected chi connectivity index (χ4v) is 3.90. The Balaban J connectivity index is 1.54. The van der Waals surface area contributed by atoms with Gasteiger partial charge in [-0.15, -0.1) is 0 Å². The SMILES string of the molecule is Cc1ncc2c(n1)CN([C@H](C)C(=O)N1CCCc3ccccc31)CC2. The van der Waals surface area contributed by atoms with Gasteiger partial charge < -0.3 is 4.90 Å². The summed E-state index contributed by atoms with van der Waals surface area (Å²) in [7, 11) is 0. The largest absolute Gasteiger partial charge is 0.311 e. The van der Waals surface area contributed by atoms with Crippen molar-refractivity contribution in [3.63, 3.8) is 0 Å². The third-order valence-corrected chi connectivity index (χ3v) is 5.38. The summed E-state index contributed by atoms with van der Waals surface area (Å²) in [6, 6.07) is 8.14. The average molecular weight is 336 g/mol. The summed E-state index contributed by atoms with van der Waals surface area (Å²) in [4.78, 5) is 26.3. The van der Waals surface area contributed by atoms with Gasteiger partial charge in [-0.1, -0.05) is 18.2 Å². The normalized spacial score (nSPS) is 18.4. The molecule has 1 aromatic carbocycles. The molecule has 1 aromatic heterocycles. The number of hydrogen-bond acceptors (Lipinski definition) is 4. The van der Waals surface area contributed by atoms with Gasteiger partial charge in [0.05, 0.1) is 11.7 Å². The second kappa shape index (κ2) is 6.56. The minimum Gasteiger partial charge on any atom is -0.311 e. The van der Waals surface area contributed by atoms with E-state index in [-0.39, 0.29) is 11.9 Å². The van der Waals surface area contributed by atoms with Crippen LogP contribution >= 0.6 is 0 Å². The highest BCUT2D eigenvalue weighted by Gasteiger charge is 2.31. The van der Waals surface area contributed by atoms with Crippen LogP contribution in [0.3, 0.4) is 0 Å². The number of para-hydroxylation sites is 1. The Morgan fingerprint density at radius 1 is 1.16 bits per heavy atom. The van der Waals surface area contributed by atoms with Crippen LogP contribution in [-0.2, 0) is 24.2 Å². The summed E-state index contributed by atoms with van der Waals surface area (Å²) < 4.78 is 0. The summed E-state index contributed by atoms with van der Waals surface area (Å²) in [5.74, 6) is 0.992. The zero-order valence-electron chi connectivity index (χ0n) is 14.9. The van der Waals surface area contributed by atoms with Gasteiger partial charge in [0, 0.05) is 31.5 Å². The second-order valence-corrected chi connectivity index (χ2v) is 7.01. The third kappa shape index (κ3) is 3.04. The molecule has 2 aliphatic heterocycles. The molecule has 5 nitrogen and oxygen atoms in total. The molecular weight excluding hydrogens is 312 g/mol. The third-order valence-electron chi connectivity index (χ3n) is 5.38. The first kappa shape index (κ1) is 16.2. The van der Waals surface area contributed by atoms with Crippen LogP contribution < -0.4 is 4.90 Å². The first-order chi connectivity index (χ1) is 12.1. The molecule has 4 rings (SSSR count). The van der Waals surface area contributed by atoms with Crippen LogP contribution in [-0.4, -0.2) is 39.9 Å². The number of aryl methyl sites for hydroxylation is 2. The Morgan fingerprint density at radius 2 is 2.00 bits per heavy atom. The fraction of sp³-hybridized carbons (Fsp3) is 0.450. The lowest BCUT2D eigenvalue weighted by atomic mass is 10.00. The number of carbonyl (C=O) groups excluding carboxylic acids is 1. The number of carbonyl (C=O) groups is 1. The highest BCUT2D eigenvalue weighted by Crippen LogP contribution is 2.28. The lowest BCUT2D eigenvalue weighted by Crippen LogP contribution is -2.50. The molecular formula is C20H24N4O. The van der Waals surface area contributed by atoms with E-state index in [1.165, 1.54) is 11.1 Å². The molecule has 0 spiro atoms. The molecule has 0 N–H and O–H groups in total. The van der Waals surface area contributed by atoms with Crippen LogP contribution in [0.1, 0.15) is 36.0 Å². The average Bonchev–Trinajstić information content (AvgIpc) is 2.65. The second-order valence-electron chi connectivity index (χ2n) is 7.01. The van der Waals surface area contributed by atoms with Gasteiger partial charge in [0.15, 0.2) is 0 Å². The standard InChI is InChI=1S/C20H24N4O/c1-14(23-11-9-17-12-21-15(2)22-18(17)13-23)20(25)24-10-5-7-16-6-3-4-8-19(16)24/h3-4,6,8,12,14H,5,7,9-11,13H2,1-2H3/t14-/m1/s1. The van der Waals surface area contributed by atoms with Crippen molar-refractivity contribution in [1.29, 1.82) is 0 Å². The number of aromatic nitrogens is 2. The van der Waals surface area contributed by atoms with Gasteiger partial charge in [0.2, 0.25) is 5.91 Å². The molecule has 25 heavy (non-hydrogen) atoms. The van der Waals surface area contributed by atoms with E-state index < -0.39 is 0 Å². The summed E-state index contributed by atoms with van der Waals surface area (Å²) in [5.41, 5.74) is 4.64. The van der Waals surface area contributed by atoms with Gasteiger partial charge in [0.1, 0.15) is 5.82 Å². The number of fused-ring (bicyclic) bond motifs is 2. The van der Waals surface area contributed by atoms with Crippen molar-refractivity contribution >= 4 is 11.6 Å². The van der Waals surface area contributed by atoms with E-state index in [0.717, 1.165) is 56.1 Å². The minimum atomic E-state index is -0.144. The number of amides is 1. The van der Waals surface area contributed by atoms with Crippen molar-refractivity contribution in [3.05, 3.63) is 53.1 Å². The van der Waals surface area contributed by atoms with E-state index in [9.17, 15) is 4.79 Å². The zero-order valence-corrected chi connectivity index (χ0v) is 14.9. The Morgan fingerprint density at radius 3 is 2.88 bits per heavy atom. The van der Waals surface area contributed by atoms with Crippen LogP contribution in [0.25, 0.3) is 0 Å². The van der Waals surface area contributed by atoms with Crippen LogP contribution in [0.2, 0.25) is 0 Å². The molecule has 0 saturated heterocycles. The molecule has 0 aliphatic carbocycles. The molecule has 5 heteroatoms. The maximum atomic E-state index is 13.2. The summed E-state index contributed by atoms with van der Waals surface area (Å²) in [6.45, 7) is 6.35. The first-order valence-corrected chi connectivity index (χ1v) is 9.08. The van der Waals surface area contributed by atoms with E-state index >= 15 is 0 Å². The van der Waals surface area contributed by atoms with E-state index in [2.05, 4.69) is 33.1 Å². The summed E-state index contributed by atoms with van der Waals surface area (Å²) >= 11 is 0. The summed E-state index contributed by atoms with van der Waals surface area (Å²) in [5, 5.41) is 0. The Kier molecular flexibility index (Phi) is 4.25. The molecule has 0 radical (unpaired) electrons. The maximum absolute atomic E-state index is 13.2. The predicted octanol–water partition coefficient (Wildman–Crippen LogP) is 2.51. The highest BCUT2D eigenvalue weighted by molar-refractivity contribution is 5.98. The van der Waals surface area contributed by atoms with Gasteiger partial charge in [-0.3, -0.25) is 9.69 Å². The lowest BCUT2D eigenvalue weighted by molar-refractivity contribution is -0.123. The van der Waals surface area contributed by atoms with Crippen LogP contribution in [0.5, 0.6) is 0 Å². The Hall–Kier alpha value is -2.27. The highest BCUT2D eigenvalue weighted by atomic mass is 16.2. The number of hydrogen-bond donors (Lipinski definition) is 0. The number of nitrogens with zero attached hydrogens (tertiary/aromatic N) is 4. The van der Waals surface area contributed by atoms with Gasteiger partial charge >= 0.3 is 0 Å². The topological polar surface area (TPSA) is 49.3 Å². The zero-order chi connectivity index (χ0) is 17.4.